The van der Waals surface area contributed by atoms with Gasteiger partial charge in [-0.1, -0.05) is 40.2 Å². The fraction of sp³-hybridized carbons (Fsp3) is 0.541. The van der Waals surface area contributed by atoms with Crippen LogP contribution in [0, 0.1) is 11.3 Å². The van der Waals surface area contributed by atoms with Crippen molar-refractivity contribution in [3.63, 3.8) is 0 Å². The van der Waals surface area contributed by atoms with Crippen LogP contribution in [0.3, 0.4) is 0 Å². The van der Waals surface area contributed by atoms with E-state index in [0.717, 1.165) is 78.7 Å². The number of piperidine rings is 1. The Kier molecular flexibility index (Phi) is 8.73. The van der Waals surface area contributed by atoms with E-state index in [4.69, 9.17) is 14.5 Å². The summed E-state index contributed by atoms with van der Waals surface area (Å²) in [4.78, 5) is 27.5. The van der Waals surface area contributed by atoms with Crippen LogP contribution in [0.1, 0.15) is 69.6 Å². The largest absolute Gasteiger partial charge is 0.475 e. The van der Waals surface area contributed by atoms with Crippen molar-refractivity contribution in [2.24, 2.45) is 0 Å². The number of carbonyl (C=O) groups is 1. The monoisotopic (exact) mass is 700 g/mol. The molecule has 248 valence electrons. The van der Waals surface area contributed by atoms with E-state index in [-0.39, 0.29) is 18.2 Å². The van der Waals surface area contributed by atoms with Gasteiger partial charge in [-0.15, -0.1) is 0 Å². The predicted octanol–water partition coefficient (Wildman–Crippen LogP) is 6.88. The molecule has 0 saturated carbocycles. The number of likely N-dealkylation sites (N-methyl/N-ethyl adjacent to an activating group) is 1. The van der Waals surface area contributed by atoms with Gasteiger partial charge in [0.1, 0.15) is 29.7 Å². The first-order valence-corrected chi connectivity index (χ1v) is 17.9. The maximum atomic E-state index is 13.2. The van der Waals surface area contributed by atoms with E-state index < -0.39 is 5.60 Å². The summed E-state index contributed by atoms with van der Waals surface area (Å²) in [5.41, 5.74) is 3.31. The van der Waals surface area contributed by atoms with Crippen molar-refractivity contribution < 1.29 is 14.3 Å². The number of likely N-dealkylation sites (tertiary alicyclic amines) is 2. The Morgan fingerprint density at radius 3 is 2.47 bits per heavy atom. The number of hydrogen-bond acceptors (Lipinski definition) is 8. The third-order valence-corrected chi connectivity index (χ3v) is 11.0. The van der Waals surface area contributed by atoms with Gasteiger partial charge in [-0.25, -0.2) is 4.79 Å². The molecule has 4 aliphatic rings. The van der Waals surface area contributed by atoms with E-state index in [1.54, 1.807) is 0 Å². The van der Waals surface area contributed by atoms with Gasteiger partial charge in [0, 0.05) is 71.0 Å². The Hall–Kier alpha value is -3.55. The van der Waals surface area contributed by atoms with Crippen LogP contribution >= 0.6 is 15.9 Å². The van der Waals surface area contributed by atoms with E-state index in [0.29, 0.717) is 43.7 Å². The summed E-state index contributed by atoms with van der Waals surface area (Å²) in [7, 11) is 2.14. The number of pyridine rings is 1. The van der Waals surface area contributed by atoms with Gasteiger partial charge in [0.15, 0.2) is 0 Å². The molecule has 0 radical (unpaired) electrons. The molecular weight excluding hydrogens is 656 g/mol. The number of aromatic nitrogens is 1. The standard InChI is InChI=1S/C37H45BrN6O3/c1-37(2,3)47-36(45)43-20-25-11-7-12-26(21-43)44(25)34-28-16-18-42(32-15-6-10-24-9-5-14-31(38)33(24)32)22-30(28)29(19-39)35(40-34)46-23-27-13-8-17-41(27)4/h5-6,9-10,14-15,25-27H,7-8,11-13,16-18,20-23H2,1-4H3/t25-,26+,27-/m0/s1. The summed E-state index contributed by atoms with van der Waals surface area (Å²) >= 11 is 3.81. The van der Waals surface area contributed by atoms with Crippen LogP contribution in [0.2, 0.25) is 0 Å². The Morgan fingerprint density at radius 2 is 1.79 bits per heavy atom. The number of fused-ring (bicyclic) bond motifs is 4. The topological polar surface area (TPSA) is 85.2 Å². The van der Waals surface area contributed by atoms with Gasteiger partial charge in [-0.05, 0) is 90.4 Å². The first-order chi connectivity index (χ1) is 22.6. The van der Waals surface area contributed by atoms with Gasteiger partial charge in [-0.2, -0.15) is 10.2 Å². The van der Waals surface area contributed by atoms with Crippen LogP contribution in [-0.2, 0) is 17.7 Å². The Bertz CT molecular complexity index is 1700. The SMILES string of the molecule is CN1CCC[C@H]1COc1nc(N2[C@@H]3CCC[C@H]2CN(C(=O)OC(C)(C)C)C3)c2c(c1C#N)CN(c1cccc3cccc(Br)c13)CC2. The second-order valence-electron chi connectivity index (χ2n) is 14.6. The van der Waals surface area contributed by atoms with E-state index in [9.17, 15) is 10.1 Å². The third kappa shape index (κ3) is 6.25. The number of piperazine rings is 1. The fourth-order valence-corrected chi connectivity index (χ4v) is 8.65. The second kappa shape index (κ2) is 12.8. The second-order valence-corrected chi connectivity index (χ2v) is 15.4. The lowest BCUT2D eigenvalue weighted by molar-refractivity contribution is 0.0154. The normalized spacial score (nSPS) is 23.1. The summed E-state index contributed by atoms with van der Waals surface area (Å²) < 4.78 is 13.4. The molecule has 2 bridgehead atoms. The molecule has 3 aromatic rings. The summed E-state index contributed by atoms with van der Waals surface area (Å²) in [6, 6.07) is 15.8. The van der Waals surface area contributed by atoms with Crippen LogP contribution in [0.25, 0.3) is 10.8 Å². The van der Waals surface area contributed by atoms with Crippen molar-refractivity contribution in [3.8, 4) is 11.9 Å². The van der Waals surface area contributed by atoms with Gasteiger partial charge < -0.3 is 29.1 Å². The average molecular weight is 702 g/mol. The maximum Gasteiger partial charge on any atom is 0.410 e. The number of nitrogens with zero attached hydrogens (tertiary/aromatic N) is 6. The Labute approximate surface area is 286 Å². The molecular formula is C37H45BrN6O3. The molecule has 2 aromatic carbocycles. The number of anilines is 2. The Morgan fingerprint density at radius 1 is 1.04 bits per heavy atom. The number of amides is 1. The molecule has 7 rings (SSSR count). The van der Waals surface area contributed by atoms with Gasteiger partial charge in [-0.3, -0.25) is 0 Å². The Balaban J connectivity index is 1.28. The molecule has 0 N–H and O–H groups in total. The highest BCUT2D eigenvalue weighted by molar-refractivity contribution is 9.10. The number of benzene rings is 2. The van der Waals surface area contributed by atoms with Gasteiger partial charge in [0.2, 0.25) is 5.88 Å². The minimum Gasteiger partial charge on any atom is -0.475 e. The number of rotatable bonds is 5. The number of ether oxygens (including phenoxy) is 2. The smallest absolute Gasteiger partial charge is 0.410 e. The lowest BCUT2D eigenvalue weighted by atomic mass is 9.88. The first-order valence-electron chi connectivity index (χ1n) is 17.1. The molecule has 0 unspecified atom stereocenters. The zero-order chi connectivity index (χ0) is 32.9. The van der Waals surface area contributed by atoms with E-state index >= 15 is 0 Å². The van der Waals surface area contributed by atoms with Crippen LogP contribution in [0.4, 0.5) is 16.3 Å². The quantitative estimate of drug-likeness (QED) is 0.285. The van der Waals surface area contributed by atoms with E-state index in [1.807, 2.05) is 25.7 Å². The summed E-state index contributed by atoms with van der Waals surface area (Å²) in [5, 5.41) is 13.0. The molecule has 10 heteroatoms. The summed E-state index contributed by atoms with van der Waals surface area (Å²) in [5.74, 6) is 1.38. The van der Waals surface area contributed by atoms with Crippen molar-refractivity contribution >= 4 is 44.3 Å². The van der Waals surface area contributed by atoms with Crippen molar-refractivity contribution in [2.45, 2.75) is 89.6 Å². The number of carbonyl (C=O) groups excluding carboxylic acids is 1. The fourth-order valence-electron chi connectivity index (χ4n) is 8.06. The minimum absolute atomic E-state index is 0.125. The highest BCUT2D eigenvalue weighted by Gasteiger charge is 2.43. The molecule has 0 aliphatic carbocycles. The highest BCUT2D eigenvalue weighted by Crippen LogP contribution is 2.43. The van der Waals surface area contributed by atoms with Gasteiger partial charge in [0.05, 0.1) is 0 Å². The van der Waals surface area contributed by atoms with Crippen molar-refractivity contribution in [2.75, 3.05) is 49.6 Å². The van der Waals surface area contributed by atoms with Crippen LogP contribution in [0.5, 0.6) is 5.88 Å². The van der Waals surface area contributed by atoms with Gasteiger partial charge >= 0.3 is 6.09 Å². The molecule has 1 aromatic heterocycles. The zero-order valence-corrected chi connectivity index (χ0v) is 29.6. The molecule has 4 aliphatic heterocycles. The number of halogens is 1. The lowest BCUT2D eigenvalue weighted by Gasteiger charge is -2.51. The van der Waals surface area contributed by atoms with E-state index in [2.05, 4.69) is 80.1 Å². The molecule has 5 heterocycles. The third-order valence-electron chi connectivity index (χ3n) is 10.3. The number of nitriles is 1. The van der Waals surface area contributed by atoms with Gasteiger partial charge in [0.25, 0.3) is 0 Å². The number of hydrogen-bond donors (Lipinski definition) is 0. The van der Waals surface area contributed by atoms with Crippen LogP contribution in [0.15, 0.2) is 40.9 Å². The molecule has 3 fully saturated rings. The molecule has 0 spiro atoms. The highest BCUT2D eigenvalue weighted by atomic mass is 79.9. The maximum absolute atomic E-state index is 13.2. The van der Waals surface area contributed by atoms with E-state index in [1.165, 1.54) is 10.8 Å². The van der Waals surface area contributed by atoms with Crippen molar-refractivity contribution in [1.82, 2.24) is 14.8 Å². The summed E-state index contributed by atoms with van der Waals surface area (Å²) in [6.07, 6.45) is 5.83. The minimum atomic E-state index is -0.539. The molecule has 9 nitrogen and oxygen atoms in total. The van der Waals surface area contributed by atoms with Crippen molar-refractivity contribution in [1.29, 1.82) is 5.26 Å². The molecule has 3 atom stereocenters. The molecule has 3 saturated heterocycles. The zero-order valence-electron chi connectivity index (χ0n) is 28.0. The van der Waals surface area contributed by atoms with Crippen LogP contribution in [-0.4, -0.2) is 84.4 Å². The summed E-state index contributed by atoms with van der Waals surface area (Å²) in [6.45, 7) is 9.93. The van der Waals surface area contributed by atoms with Crippen molar-refractivity contribution in [3.05, 3.63) is 57.6 Å². The van der Waals surface area contributed by atoms with Crippen LogP contribution < -0.4 is 14.5 Å². The molecule has 1 amide bonds. The average Bonchev–Trinajstić information content (AvgIpc) is 3.45. The first kappa shape index (κ1) is 32.0. The lowest BCUT2D eigenvalue weighted by Crippen LogP contribution is -2.63. The predicted molar refractivity (Wildman–Crippen MR) is 188 cm³/mol. The molecule has 47 heavy (non-hydrogen) atoms.